The lowest BCUT2D eigenvalue weighted by molar-refractivity contribution is -0.372. The second-order valence-corrected chi connectivity index (χ2v) is 8.54. The van der Waals surface area contributed by atoms with Gasteiger partial charge in [0.15, 0.2) is 0 Å². The Bertz CT molecular complexity index is 391. The van der Waals surface area contributed by atoms with Crippen LogP contribution >= 0.6 is 0 Å². The third-order valence-corrected chi connectivity index (χ3v) is 7.67. The van der Waals surface area contributed by atoms with Gasteiger partial charge in [-0.15, -0.1) is 0 Å². The van der Waals surface area contributed by atoms with Gasteiger partial charge in [0.1, 0.15) is 0 Å². The quantitative estimate of drug-likeness (QED) is 0.602. The topological polar surface area (TPSA) is 60.7 Å². The van der Waals surface area contributed by atoms with Gasteiger partial charge >= 0.3 is 0 Å². The first-order chi connectivity index (χ1) is 8.28. The molecule has 0 spiro atoms. The Morgan fingerprint density at radius 3 is 1.72 bits per heavy atom. The molecule has 0 aliphatic heterocycles. The normalized spacial score (nSPS) is 75.3. The van der Waals surface area contributed by atoms with Crippen molar-refractivity contribution in [2.75, 3.05) is 0 Å². The molecule has 7 saturated carbocycles. The molecule has 0 aromatic heterocycles. The molecule has 7 aliphatic carbocycles. The second-order valence-electron chi connectivity index (χ2n) is 8.54. The SMILES string of the molecule is CC12CC3(O)CC4C1CC1(O)CC2C(C3)C4(O)C1. The van der Waals surface area contributed by atoms with Crippen molar-refractivity contribution in [3.8, 4) is 0 Å². The molecule has 0 amide bonds. The van der Waals surface area contributed by atoms with Crippen molar-refractivity contribution in [3.63, 3.8) is 0 Å². The molecular weight excluding hydrogens is 228 g/mol. The largest absolute Gasteiger partial charge is 0.390 e. The zero-order valence-electron chi connectivity index (χ0n) is 10.9. The van der Waals surface area contributed by atoms with Crippen molar-refractivity contribution < 1.29 is 15.3 Å². The van der Waals surface area contributed by atoms with Crippen molar-refractivity contribution >= 4 is 0 Å². The average molecular weight is 250 g/mol. The van der Waals surface area contributed by atoms with Crippen LogP contribution in [0.4, 0.5) is 0 Å². The van der Waals surface area contributed by atoms with Gasteiger partial charge in [-0.1, -0.05) is 6.92 Å². The molecule has 0 saturated heterocycles. The predicted octanol–water partition coefficient (Wildman–Crippen LogP) is 1.06. The van der Waals surface area contributed by atoms with E-state index in [2.05, 4.69) is 6.92 Å². The third-order valence-electron chi connectivity index (χ3n) is 7.67. The minimum absolute atomic E-state index is 0.166. The van der Waals surface area contributed by atoms with Crippen LogP contribution < -0.4 is 0 Å². The first-order valence-corrected chi connectivity index (χ1v) is 7.45. The Balaban J connectivity index is 1.76. The van der Waals surface area contributed by atoms with E-state index in [1.165, 1.54) is 0 Å². The highest BCUT2D eigenvalue weighted by Crippen LogP contribution is 2.78. The fraction of sp³-hybridized carbons (Fsp3) is 1.00. The molecule has 0 aromatic carbocycles. The van der Waals surface area contributed by atoms with E-state index in [4.69, 9.17) is 0 Å². The van der Waals surface area contributed by atoms with Crippen LogP contribution in [-0.4, -0.2) is 32.1 Å². The Morgan fingerprint density at radius 2 is 1.17 bits per heavy atom. The summed E-state index contributed by atoms with van der Waals surface area (Å²) in [6, 6.07) is 0. The number of hydrogen-bond donors (Lipinski definition) is 3. The first-order valence-electron chi connectivity index (χ1n) is 7.45. The highest BCUT2D eigenvalue weighted by Gasteiger charge is 2.78. The summed E-state index contributed by atoms with van der Waals surface area (Å²) >= 11 is 0. The van der Waals surface area contributed by atoms with Crippen molar-refractivity contribution in [1.82, 2.24) is 0 Å². The molecule has 0 radical (unpaired) electrons. The molecule has 7 aliphatic rings. The van der Waals surface area contributed by atoms with Gasteiger partial charge in [0.2, 0.25) is 0 Å². The summed E-state index contributed by atoms with van der Waals surface area (Å²) in [5, 5.41) is 32.6. The Labute approximate surface area is 107 Å². The second kappa shape index (κ2) is 2.43. The molecule has 4 unspecified atom stereocenters. The average Bonchev–Trinajstić information content (AvgIpc) is 2.23. The van der Waals surface area contributed by atoms with Crippen LogP contribution in [0.25, 0.3) is 0 Å². The Kier molecular flexibility index (Phi) is 1.43. The van der Waals surface area contributed by atoms with E-state index >= 15 is 0 Å². The number of hydrogen-bond acceptors (Lipinski definition) is 3. The van der Waals surface area contributed by atoms with E-state index in [9.17, 15) is 15.3 Å². The zero-order chi connectivity index (χ0) is 12.6. The van der Waals surface area contributed by atoms with Gasteiger partial charge in [-0.3, -0.25) is 0 Å². The van der Waals surface area contributed by atoms with Crippen LogP contribution in [0.1, 0.15) is 45.4 Å². The minimum Gasteiger partial charge on any atom is -0.390 e. The van der Waals surface area contributed by atoms with E-state index in [1.54, 1.807) is 0 Å². The molecule has 3 heteroatoms. The lowest BCUT2D eigenvalue weighted by Gasteiger charge is -2.79. The molecule has 7 rings (SSSR count). The van der Waals surface area contributed by atoms with Gasteiger partial charge in [0, 0.05) is 6.42 Å². The smallest absolute Gasteiger partial charge is 0.0739 e. The summed E-state index contributed by atoms with van der Waals surface area (Å²) in [7, 11) is 0. The highest BCUT2D eigenvalue weighted by atomic mass is 16.3. The van der Waals surface area contributed by atoms with Crippen LogP contribution in [0.15, 0.2) is 0 Å². The van der Waals surface area contributed by atoms with Crippen molar-refractivity contribution in [2.45, 2.75) is 62.3 Å². The summed E-state index contributed by atoms with van der Waals surface area (Å²) in [5.74, 6) is 1.32. The maximum absolute atomic E-state index is 11.1. The molecule has 3 N–H and O–H groups in total. The van der Waals surface area contributed by atoms with Gasteiger partial charge < -0.3 is 15.3 Å². The lowest BCUT2D eigenvalue weighted by atomic mass is 9.28. The van der Waals surface area contributed by atoms with Crippen LogP contribution in [0.5, 0.6) is 0 Å². The minimum atomic E-state index is -0.674. The number of aliphatic hydroxyl groups is 3. The third kappa shape index (κ3) is 0.862. The summed E-state index contributed by atoms with van der Waals surface area (Å²) in [4.78, 5) is 0. The van der Waals surface area contributed by atoms with Crippen LogP contribution in [0, 0.1) is 29.1 Å². The van der Waals surface area contributed by atoms with Crippen molar-refractivity contribution in [1.29, 1.82) is 0 Å². The monoisotopic (exact) mass is 250 g/mol. The van der Waals surface area contributed by atoms with Gasteiger partial charge in [-0.05, 0) is 61.2 Å². The molecule has 4 atom stereocenters. The molecule has 0 heterocycles. The van der Waals surface area contributed by atoms with Gasteiger partial charge in [0.05, 0.1) is 16.8 Å². The van der Waals surface area contributed by atoms with E-state index in [0.717, 1.165) is 32.1 Å². The standard InChI is InChI=1S/C15H22O3/c1-12-6-13(16)4-10-8(12)2-14(17)3-9(12)11(5-13)15(10,18)7-14/h8-11,16-18H,2-7H2,1H3. The summed E-state index contributed by atoms with van der Waals surface area (Å²) in [5.41, 5.74) is -1.63. The van der Waals surface area contributed by atoms with Crippen LogP contribution in [0.2, 0.25) is 0 Å². The van der Waals surface area contributed by atoms with E-state index in [0.29, 0.717) is 18.3 Å². The van der Waals surface area contributed by atoms with Crippen LogP contribution in [-0.2, 0) is 0 Å². The number of rotatable bonds is 0. The van der Waals surface area contributed by atoms with Gasteiger partial charge in [-0.25, -0.2) is 0 Å². The van der Waals surface area contributed by atoms with Crippen molar-refractivity contribution in [3.05, 3.63) is 0 Å². The first kappa shape index (κ1) is 10.6. The lowest BCUT2D eigenvalue weighted by Crippen LogP contribution is -2.80. The van der Waals surface area contributed by atoms with Crippen LogP contribution in [0.3, 0.4) is 0 Å². The molecule has 8 bridgehead atoms. The van der Waals surface area contributed by atoms with Gasteiger partial charge in [-0.2, -0.15) is 0 Å². The maximum Gasteiger partial charge on any atom is 0.0739 e. The molecule has 7 fully saturated rings. The predicted molar refractivity (Wildman–Crippen MR) is 64.6 cm³/mol. The fourth-order valence-corrected chi connectivity index (χ4v) is 7.41. The van der Waals surface area contributed by atoms with Gasteiger partial charge in [0.25, 0.3) is 0 Å². The molecule has 0 aromatic rings. The fourth-order valence-electron chi connectivity index (χ4n) is 7.41. The molecule has 3 nitrogen and oxygen atoms in total. The van der Waals surface area contributed by atoms with E-state index in [-0.39, 0.29) is 17.3 Å². The van der Waals surface area contributed by atoms with E-state index < -0.39 is 16.8 Å². The summed E-state index contributed by atoms with van der Waals surface area (Å²) in [6.45, 7) is 2.32. The zero-order valence-corrected chi connectivity index (χ0v) is 10.9. The summed E-state index contributed by atoms with van der Waals surface area (Å²) < 4.78 is 0. The Morgan fingerprint density at radius 1 is 0.722 bits per heavy atom. The molecule has 18 heavy (non-hydrogen) atoms. The molecule has 100 valence electrons. The summed E-state index contributed by atoms with van der Waals surface area (Å²) in [6.07, 6.45) is 4.71. The Hall–Kier alpha value is -0.120. The van der Waals surface area contributed by atoms with Crippen molar-refractivity contribution in [2.24, 2.45) is 29.1 Å². The highest BCUT2D eigenvalue weighted by molar-refractivity contribution is 5.29. The van der Waals surface area contributed by atoms with E-state index in [1.807, 2.05) is 0 Å². The maximum atomic E-state index is 11.1. The molecular formula is C15H22O3.